The van der Waals surface area contributed by atoms with Crippen molar-refractivity contribution in [3.8, 4) is 0 Å². The first-order valence-electron chi connectivity index (χ1n) is 26.1. The molecule has 0 bridgehead atoms. The minimum atomic E-state index is -0.763. The monoisotopic (exact) mass is 835 g/mol. The molecule has 0 fully saturated rings. The topological polar surface area (TPSA) is 78.9 Å². The molecule has 2 atom stereocenters. The molecular weight excluding hydrogens is 733 g/mol. The van der Waals surface area contributed by atoms with E-state index in [-0.39, 0.29) is 31.1 Å². The molecule has 6 heteroatoms. The van der Waals surface area contributed by atoms with Crippen LogP contribution in [0.4, 0.5) is 0 Å². The maximum absolute atomic E-state index is 12.8. The molecular formula is C53H102O6. The van der Waals surface area contributed by atoms with Gasteiger partial charge in [-0.3, -0.25) is 14.4 Å². The fourth-order valence-electron chi connectivity index (χ4n) is 7.91. The van der Waals surface area contributed by atoms with E-state index in [1.165, 1.54) is 167 Å². The Bertz CT molecular complexity index is 916. The summed E-state index contributed by atoms with van der Waals surface area (Å²) in [5, 5.41) is 0. The third-order valence-electron chi connectivity index (χ3n) is 12.3. The zero-order valence-corrected chi connectivity index (χ0v) is 40.5. The van der Waals surface area contributed by atoms with Crippen molar-refractivity contribution in [2.24, 2.45) is 17.8 Å². The second kappa shape index (κ2) is 44.5. The SMILES string of the molecule is CCC(C)CCCCCCCCC(=O)OC[C@H](COC(=O)CCCCCCCCCC(C)C)OC(=O)CCCCCCCCCCCCCCCCCCCCC(C)C. The van der Waals surface area contributed by atoms with Gasteiger partial charge in [0.2, 0.25) is 0 Å². The summed E-state index contributed by atoms with van der Waals surface area (Å²) in [5.74, 6) is 1.60. The molecule has 6 nitrogen and oxygen atoms in total. The zero-order valence-electron chi connectivity index (χ0n) is 40.5. The zero-order chi connectivity index (χ0) is 43.4. The van der Waals surface area contributed by atoms with Gasteiger partial charge >= 0.3 is 17.9 Å². The third-order valence-corrected chi connectivity index (χ3v) is 12.3. The van der Waals surface area contributed by atoms with Crippen LogP contribution in [-0.4, -0.2) is 37.2 Å². The number of hydrogen-bond donors (Lipinski definition) is 0. The molecule has 0 aromatic rings. The third kappa shape index (κ3) is 45.8. The quantitative estimate of drug-likeness (QED) is 0.0345. The number of esters is 3. The van der Waals surface area contributed by atoms with Crippen LogP contribution < -0.4 is 0 Å². The van der Waals surface area contributed by atoms with Crippen LogP contribution in [0.1, 0.15) is 286 Å². The fraction of sp³-hybridized carbons (Fsp3) is 0.943. The minimum Gasteiger partial charge on any atom is -0.462 e. The van der Waals surface area contributed by atoms with Crippen LogP contribution in [0.25, 0.3) is 0 Å². The van der Waals surface area contributed by atoms with E-state index in [0.717, 1.165) is 75.5 Å². The molecule has 0 radical (unpaired) electrons. The maximum atomic E-state index is 12.8. The Morgan fingerprint density at radius 1 is 0.339 bits per heavy atom. The molecule has 0 spiro atoms. The Hall–Kier alpha value is -1.59. The second-order valence-corrected chi connectivity index (χ2v) is 19.4. The number of ether oxygens (including phenoxy) is 3. The molecule has 0 saturated carbocycles. The molecule has 59 heavy (non-hydrogen) atoms. The van der Waals surface area contributed by atoms with Crippen molar-refractivity contribution in [3.63, 3.8) is 0 Å². The van der Waals surface area contributed by atoms with Crippen LogP contribution in [0.3, 0.4) is 0 Å². The summed E-state index contributed by atoms with van der Waals surface area (Å²) in [6.07, 6.45) is 44.0. The predicted molar refractivity (Wildman–Crippen MR) is 252 cm³/mol. The van der Waals surface area contributed by atoms with E-state index in [4.69, 9.17) is 14.2 Å². The Kier molecular flexibility index (Phi) is 43.3. The van der Waals surface area contributed by atoms with Crippen LogP contribution >= 0.6 is 0 Å². The number of hydrogen-bond acceptors (Lipinski definition) is 6. The fourth-order valence-corrected chi connectivity index (χ4v) is 7.91. The number of unbranched alkanes of at least 4 members (excludes halogenated alkanes) is 28. The van der Waals surface area contributed by atoms with E-state index in [9.17, 15) is 14.4 Å². The minimum absolute atomic E-state index is 0.0663. The Morgan fingerprint density at radius 2 is 0.593 bits per heavy atom. The summed E-state index contributed by atoms with van der Waals surface area (Å²) in [5.41, 5.74) is 0. The molecule has 0 aliphatic carbocycles. The highest BCUT2D eigenvalue weighted by Gasteiger charge is 2.19. The van der Waals surface area contributed by atoms with E-state index in [0.29, 0.717) is 19.3 Å². The predicted octanol–water partition coefficient (Wildman–Crippen LogP) is 16.8. The lowest BCUT2D eigenvalue weighted by Crippen LogP contribution is -2.30. The molecule has 0 aliphatic heterocycles. The first-order valence-corrected chi connectivity index (χ1v) is 26.1. The maximum Gasteiger partial charge on any atom is 0.306 e. The van der Waals surface area contributed by atoms with Gasteiger partial charge in [0.15, 0.2) is 6.10 Å². The first-order chi connectivity index (χ1) is 28.6. The summed E-state index contributed by atoms with van der Waals surface area (Å²) < 4.78 is 16.8. The van der Waals surface area contributed by atoms with Gasteiger partial charge in [0.05, 0.1) is 0 Å². The van der Waals surface area contributed by atoms with E-state index >= 15 is 0 Å². The summed E-state index contributed by atoms with van der Waals surface area (Å²) >= 11 is 0. The molecule has 0 amide bonds. The van der Waals surface area contributed by atoms with Crippen molar-refractivity contribution in [1.29, 1.82) is 0 Å². The summed E-state index contributed by atoms with van der Waals surface area (Å²) in [4.78, 5) is 37.8. The number of carbonyl (C=O) groups is 3. The van der Waals surface area contributed by atoms with Crippen molar-refractivity contribution >= 4 is 17.9 Å². The Morgan fingerprint density at radius 3 is 0.881 bits per heavy atom. The molecule has 0 aliphatic rings. The molecule has 0 heterocycles. The second-order valence-electron chi connectivity index (χ2n) is 19.4. The largest absolute Gasteiger partial charge is 0.462 e. The highest BCUT2D eigenvalue weighted by Crippen LogP contribution is 2.18. The van der Waals surface area contributed by atoms with E-state index in [1.807, 2.05) is 0 Å². The molecule has 0 saturated heterocycles. The van der Waals surface area contributed by atoms with Crippen LogP contribution in [0.15, 0.2) is 0 Å². The van der Waals surface area contributed by atoms with E-state index in [1.54, 1.807) is 0 Å². The van der Waals surface area contributed by atoms with Gasteiger partial charge in [-0.2, -0.15) is 0 Å². The average molecular weight is 835 g/mol. The van der Waals surface area contributed by atoms with E-state index < -0.39 is 6.10 Å². The van der Waals surface area contributed by atoms with Crippen LogP contribution in [0.5, 0.6) is 0 Å². The normalized spacial score (nSPS) is 12.6. The van der Waals surface area contributed by atoms with Gasteiger partial charge in [-0.25, -0.2) is 0 Å². The number of carbonyl (C=O) groups excluding carboxylic acids is 3. The first kappa shape index (κ1) is 57.4. The summed E-state index contributed by atoms with van der Waals surface area (Å²) in [6.45, 7) is 13.7. The van der Waals surface area contributed by atoms with Gasteiger partial charge in [0.1, 0.15) is 13.2 Å². The van der Waals surface area contributed by atoms with E-state index in [2.05, 4.69) is 41.5 Å². The van der Waals surface area contributed by atoms with Crippen molar-refractivity contribution in [1.82, 2.24) is 0 Å². The Labute approximate surface area is 368 Å². The van der Waals surface area contributed by atoms with Crippen LogP contribution in [-0.2, 0) is 28.6 Å². The van der Waals surface area contributed by atoms with Crippen molar-refractivity contribution in [3.05, 3.63) is 0 Å². The molecule has 350 valence electrons. The Balaban J connectivity index is 4.21. The lowest BCUT2D eigenvalue weighted by Gasteiger charge is -2.18. The summed E-state index contributed by atoms with van der Waals surface area (Å²) in [7, 11) is 0. The van der Waals surface area contributed by atoms with Gasteiger partial charge < -0.3 is 14.2 Å². The smallest absolute Gasteiger partial charge is 0.306 e. The molecule has 0 rings (SSSR count). The van der Waals surface area contributed by atoms with Crippen LogP contribution in [0.2, 0.25) is 0 Å². The average Bonchev–Trinajstić information content (AvgIpc) is 3.20. The highest BCUT2D eigenvalue weighted by molar-refractivity contribution is 5.71. The van der Waals surface area contributed by atoms with Gasteiger partial charge in [-0.1, -0.05) is 247 Å². The van der Waals surface area contributed by atoms with Gasteiger partial charge in [-0.15, -0.1) is 0 Å². The molecule has 0 aromatic carbocycles. The number of rotatable bonds is 46. The van der Waals surface area contributed by atoms with Crippen LogP contribution in [0, 0.1) is 17.8 Å². The van der Waals surface area contributed by atoms with Gasteiger partial charge in [0.25, 0.3) is 0 Å². The van der Waals surface area contributed by atoms with Crippen molar-refractivity contribution in [2.75, 3.05) is 13.2 Å². The standard InChI is InChI=1S/C53H102O6/c1-7-49(6)41-35-29-25-26-31-37-43-52(55)58-46-50(45-57-51(54)42-36-30-24-20-22-28-34-40-48(4)5)59-53(56)44-38-32-23-19-17-15-13-11-9-8-10-12-14-16-18-21-27-33-39-47(2)3/h47-50H,7-46H2,1-6H3/t49?,50-/m0/s1. The molecule has 1 unspecified atom stereocenters. The van der Waals surface area contributed by atoms with Crippen molar-refractivity contribution < 1.29 is 28.6 Å². The van der Waals surface area contributed by atoms with Crippen molar-refractivity contribution in [2.45, 2.75) is 292 Å². The highest BCUT2D eigenvalue weighted by atomic mass is 16.6. The lowest BCUT2D eigenvalue weighted by atomic mass is 10.00. The summed E-state index contributed by atoms with van der Waals surface area (Å²) in [6, 6.07) is 0. The van der Waals surface area contributed by atoms with Gasteiger partial charge in [-0.05, 0) is 37.0 Å². The lowest BCUT2D eigenvalue weighted by molar-refractivity contribution is -0.167. The molecule has 0 aromatic heterocycles. The van der Waals surface area contributed by atoms with Gasteiger partial charge in [0, 0.05) is 19.3 Å². The molecule has 0 N–H and O–H groups in total.